The van der Waals surface area contributed by atoms with Crippen LogP contribution < -0.4 is 16.4 Å². The van der Waals surface area contributed by atoms with Crippen molar-refractivity contribution in [2.24, 2.45) is 5.73 Å². The van der Waals surface area contributed by atoms with E-state index in [2.05, 4.69) is 5.32 Å². The van der Waals surface area contributed by atoms with Gasteiger partial charge in [-0.25, -0.2) is 9.18 Å². The van der Waals surface area contributed by atoms with Gasteiger partial charge in [0.2, 0.25) is 5.91 Å². The molecule has 1 unspecified atom stereocenters. The van der Waals surface area contributed by atoms with E-state index in [-0.39, 0.29) is 24.8 Å². The third kappa shape index (κ3) is 6.19. The number of amides is 2. The highest BCUT2D eigenvalue weighted by Crippen LogP contribution is 2.04. The topological polar surface area (TPSA) is 128 Å². The molecule has 116 valence electrons. The number of hydrogen-bond acceptors (Lipinski definition) is 4. The second kappa shape index (κ2) is 8.88. The lowest BCUT2D eigenvalue weighted by Gasteiger charge is -2.09. The van der Waals surface area contributed by atoms with Gasteiger partial charge in [-0.05, 0) is 5.56 Å². The summed E-state index contributed by atoms with van der Waals surface area (Å²) in [6.45, 7) is -0.755. The Hall–Kier alpha value is -2.19. The van der Waals surface area contributed by atoms with E-state index >= 15 is 0 Å². The lowest BCUT2D eigenvalue weighted by atomic mass is 10.1. The molecule has 0 saturated heterocycles. The highest BCUT2D eigenvalue weighted by Gasteiger charge is 2.12. The van der Waals surface area contributed by atoms with Crippen LogP contribution in [0.25, 0.3) is 0 Å². The molecule has 0 radical (unpaired) electrons. The predicted molar refractivity (Wildman–Crippen MR) is 77.5 cm³/mol. The van der Waals surface area contributed by atoms with E-state index < -0.39 is 24.7 Å². The fourth-order valence-corrected chi connectivity index (χ4v) is 1.36. The van der Waals surface area contributed by atoms with Crippen molar-refractivity contribution >= 4 is 30.2 Å². The Kier molecular flexibility index (Phi) is 7.95. The van der Waals surface area contributed by atoms with Gasteiger partial charge in [-0.1, -0.05) is 24.3 Å². The summed E-state index contributed by atoms with van der Waals surface area (Å²) in [5.74, 6) is -0.829. The largest absolute Gasteiger partial charge is 0.465 e. The molecule has 0 spiro atoms. The van der Waals surface area contributed by atoms with Gasteiger partial charge in [0.15, 0.2) is 0 Å². The van der Waals surface area contributed by atoms with Crippen molar-refractivity contribution in [3.8, 4) is 0 Å². The van der Waals surface area contributed by atoms with Crippen LogP contribution in [0.4, 0.5) is 9.18 Å². The number of carbonyl (C=O) groups is 2. The van der Waals surface area contributed by atoms with Crippen LogP contribution in [0.2, 0.25) is 0 Å². The summed E-state index contributed by atoms with van der Waals surface area (Å²) >= 11 is 0. The summed E-state index contributed by atoms with van der Waals surface area (Å²) in [5, 5.41) is 20.3. The van der Waals surface area contributed by atoms with E-state index in [0.29, 0.717) is 5.56 Å². The van der Waals surface area contributed by atoms with Crippen molar-refractivity contribution in [1.29, 1.82) is 5.41 Å². The summed E-state index contributed by atoms with van der Waals surface area (Å²) in [7, 11) is 0. The van der Waals surface area contributed by atoms with Gasteiger partial charge >= 0.3 is 6.09 Å². The number of hydrogen-bond donors (Lipinski definition) is 5. The van der Waals surface area contributed by atoms with E-state index in [1.165, 1.54) is 12.1 Å². The fourth-order valence-electron chi connectivity index (χ4n) is 1.36. The van der Waals surface area contributed by atoms with Crippen LogP contribution in [-0.4, -0.2) is 35.7 Å². The summed E-state index contributed by atoms with van der Waals surface area (Å²) in [6, 6.07) is 5.13. The lowest BCUT2D eigenvalue weighted by Crippen LogP contribution is -2.41. The summed E-state index contributed by atoms with van der Waals surface area (Å²) < 4.78 is 12.1. The minimum atomic E-state index is -1.31. The number of benzene rings is 1. The van der Waals surface area contributed by atoms with E-state index in [4.69, 9.17) is 16.2 Å². The van der Waals surface area contributed by atoms with Crippen LogP contribution in [0.5, 0.6) is 0 Å². The number of amidine groups is 1. The van der Waals surface area contributed by atoms with Gasteiger partial charge in [-0.3, -0.25) is 15.5 Å². The standard InChI is InChI=1S/C12H15FN4O3.ClH/c13-5-9(14)11(18)16-6-7-1-3-8(4-2-7)10(15)17-12(19)20;/h1-4,9H,5-6,14H2,(H2,15,17)(H,16,18)(H,19,20);1H. The Balaban J connectivity index is 0.00000400. The second-order valence-corrected chi connectivity index (χ2v) is 3.98. The molecule has 1 aromatic carbocycles. The SMILES string of the molecule is Cl.N=C(NC(=O)O)c1ccc(CNC(=O)C(N)CF)cc1. The first-order valence-corrected chi connectivity index (χ1v) is 5.71. The van der Waals surface area contributed by atoms with E-state index in [1.54, 1.807) is 12.1 Å². The number of rotatable bonds is 5. The van der Waals surface area contributed by atoms with Crippen LogP contribution in [0, 0.1) is 5.41 Å². The number of nitrogens with two attached hydrogens (primary N) is 1. The van der Waals surface area contributed by atoms with Gasteiger partial charge in [0.05, 0.1) is 0 Å². The van der Waals surface area contributed by atoms with Crippen molar-refractivity contribution in [3.63, 3.8) is 0 Å². The first-order chi connectivity index (χ1) is 9.43. The number of nitrogens with one attached hydrogen (secondary N) is 3. The normalized spacial score (nSPS) is 11.0. The first-order valence-electron chi connectivity index (χ1n) is 5.71. The van der Waals surface area contributed by atoms with Crippen LogP contribution >= 0.6 is 12.4 Å². The maximum Gasteiger partial charge on any atom is 0.410 e. The molecule has 9 heteroatoms. The van der Waals surface area contributed by atoms with Crippen molar-refractivity contribution in [2.75, 3.05) is 6.67 Å². The molecule has 21 heavy (non-hydrogen) atoms. The van der Waals surface area contributed by atoms with Crippen LogP contribution in [-0.2, 0) is 11.3 Å². The Morgan fingerprint density at radius 2 is 1.90 bits per heavy atom. The molecule has 0 bridgehead atoms. The number of halogens is 2. The minimum absolute atomic E-state index is 0. The van der Waals surface area contributed by atoms with Crippen LogP contribution in [0.3, 0.4) is 0 Å². The Bertz CT molecular complexity index is 510. The average molecular weight is 319 g/mol. The molecular formula is C12H16ClFN4O3. The molecular weight excluding hydrogens is 303 g/mol. The van der Waals surface area contributed by atoms with Crippen molar-refractivity contribution in [1.82, 2.24) is 10.6 Å². The molecule has 0 aromatic heterocycles. The molecule has 7 nitrogen and oxygen atoms in total. The summed E-state index contributed by atoms with van der Waals surface area (Å²) in [5.41, 5.74) is 6.32. The predicted octanol–water partition coefficient (Wildman–Crippen LogP) is 0.614. The van der Waals surface area contributed by atoms with Gasteiger partial charge < -0.3 is 16.2 Å². The number of carboxylic acid groups (broad SMARTS) is 1. The van der Waals surface area contributed by atoms with Crippen molar-refractivity contribution in [2.45, 2.75) is 12.6 Å². The van der Waals surface area contributed by atoms with Crippen LogP contribution in [0.1, 0.15) is 11.1 Å². The fraction of sp³-hybridized carbons (Fsp3) is 0.250. The molecule has 0 fully saturated rings. The van der Waals surface area contributed by atoms with Crippen molar-refractivity contribution in [3.05, 3.63) is 35.4 Å². The smallest absolute Gasteiger partial charge is 0.410 e. The summed E-state index contributed by atoms with van der Waals surface area (Å²) in [6.07, 6.45) is -1.31. The van der Waals surface area contributed by atoms with E-state index in [1.807, 2.05) is 5.32 Å². The van der Waals surface area contributed by atoms with Gasteiger partial charge in [-0.15, -0.1) is 12.4 Å². The zero-order chi connectivity index (χ0) is 15.1. The molecule has 0 heterocycles. The quantitative estimate of drug-likeness (QED) is 0.402. The zero-order valence-corrected chi connectivity index (χ0v) is 11.7. The Morgan fingerprint density at radius 3 is 2.38 bits per heavy atom. The van der Waals surface area contributed by atoms with Gasteiger partial charge in [0.1, 0.15) is 18.6 Å². The molecule has 1 rings (SSSR count). The number of carbonyl (C=O) groups excluding carboxylic acids is 1. The zero-order valence-electron chi connectivity index (χ0n) is 10.9. The first kappa shape index (κ1) is 18.8. The molecule has 2 amide bonds. The highest BCUT2D eigenvalue weighted by atomic mass is 35.5. The Morgan fingerprint density at radius 1 is 1.33 bits per heavy atom. The molecule has 6 N–H and O–H groups in total. The molecule has 0 aliphatic heterocycles. The molecule has 1 aromatic rings. The second-order valence-electron chi connectivity index (χ2n) is 3.98. The van der Waals surface area contributed by atoms with Gasteiger partial charge in [0, 0.05) is 12.1 Å². The van der Waals surface area contributed by atoms with E-state index in [0.717, 1.165) is 5.56 Å². The van der Waals surface area contributed by atoms with Gasteiger partial charge in [0.25, 0.3) is 0 Å². The molecule has 1 atom stereocenters. The Labute approximate surface area is 126 Å². The third-order valence-electron chi connectivity index (χ3n) is 2.44. The maximum absolute atomic E-state index is 12.1. The van der Waals surface area contributed by atoms with Crippen molar-refractivity contribution < 1.29 is 19.1 Å². The van der Waals surface area contributed by atoms with Crippen LogP contribution in [0.15, 0.2) is 24.3 Å². The molecule has 0 aliphatic rings. The average Bonchev–Trinajstić information content (AvgIpc) is 2.43. The third-order valence-corrected chi connectivity index (χ3v) is 2.44. The maximum atomic E-state index is 12.1. The monoisotopic (exact) mass is 318 g/mol. The number of alkyl halides is 1. The lowest BCUT2D eigenvalue weighted by molar-refractivity contribution is -0.122. The van der Waals surface area contributed by atoms with E-state index in [9.17, 15) is 14.0 Å². The molecule has 0 saturated carbocycles. The molecule has 0 aliphatic carbocycles. The van der Waals surface area contributed by atoms with Gasteiger partial charge in [-0.2, -0.15) is 0 Å². The summed E-state index contributed by atoms with van der Waals surface area (Å²) in [4.78, 5) is 21.6. The highest BCUT2D eigenvalue weighted by molar-refractivity contribution is 6.04. The minimum Gasteiger partial charge on any atom is -0.465 e.